The molecule has 0 saturated carbocycles. The Bertz CT molecular complexity index is 639. The molecule has 2 fully saturated rings. The summed E-state index contributed by atoms with van der Waals surface area (Å²) in [6, 6.07) is 5.00. The van der Waals surface area contributed by atoms with Crippen LogP contribution in [0.25, 0.3) is 0 Å². The zero-order valence-electron chi connectivity index (χ0n) is 12.2. The molecule has 3 rings (SSSR count). The molecule has 0 radical (unpaired) electrons. The van der Waals surface area contributed by atoms with Crippen molar-refractivity contribution in [2.24, 2.45) is 5.41 Å². The topological polar surface area (TPSA) is 49.4 Å². The van der Waals surface area contributed by atoms with Crippen LogP contribution in [-0.2, 0) is 10.0 Å². The fraction of sp³-hybridized carbons (Fsp3) is 0.600. The number of aryl methyl sites for hydroxylation is 1. The first kappa shape index (κ1) is 15.3. The van der Waals surface area contributed by atoms with Crippen LogP contribution in [0.5, 0.6) is 0 Å². The second-order valence-corrected chi connectivity index (χ2v) is 8.59. The minimum Gasteiger partial charge on any atom is -0.317 e. The molecule has 1 spiro atoms. The van der Waals surface area contributed by atoms with Crippen molar-refractivity contribution in [1.29, 1.82) is 0 Å². The highest BCUT2D eigenvalue weighted by atomic mass is 35.5. The van der Waals surface area contributed by atoms with E-state index in [1.165, 1.54) is 0 Å². The molecule has 2 saturated heterocycles. The van der Waals surface area contributed by atoms with Gasteiger partial charge in [-0.25, -0.2) is 8.42 Å². The molecule has 2 aliphatic heterocycles. The van der Waals surface area contributed by atoms with E-state index in [1.807, 2.05) is 6.92 Å². The van der Waals surface area contributed by atoms with Crippen LogP contribution >= 0.6 is 11.6 Å². The van der Waals surface area contributed by atoms with E-state index in [0.29, 0.717) is 23.0 Å². The minimum atomic E-state index is -3.42. The van der Waals surface area contributed by atoms with Gasteiger partial charge in [0.2, 0.25) is 10.0 Å². The van der Waals surface area contributed by atoms with Gasteiger partial charge in [0.25, 0.3) is 0 Å². The maximum Gasteiger partial charge on any atom is 0.243 e. The quantitative estimate of drug-likeness (QED) is 0.907. The molecular formula is C15H21ClN2O2S. The lowest BCUT2D eigenvalue weighted by Crippen LogP contribution is -2.39. The average molecular weight is 329 g/mol. The highest BCUT2D eigenvalue weighted by molar-refractivity contribution is 7.89. The first-order valence-electron chi connectivity index (χ1n) is 7.40. The van der Waals surface area contributed by atoms with Gasteiger partial charge in [-0.1, -0.05) is 17.7 Å². The predicted octanol–water partition coefficient (Wildman–Crippen LogP) is 2.41. The third-order valence-corrected chi connectivity index (χ3v) is 7.10. The monoisotopic (exact) mass is 328 g/mol. The van der Waals surface area contributed by atoms with Gasteiger partial charge in [0.15, 0.2) is 0 Å². The second-order valence-electron chi connectivity index (χ2n) is 6.25. The minimum absolute atomic E-state index is 0.173. The number of hydrogen-bond acceptors (Lipinski definition) is 3. The van der Waals surface area contributed by atoms with Gasteiger partial charge in [-0.05, 0) is 62.4 Å². The van der Waals surface area contributed by atoms with Gasteiger partial charge >= 0.3 is 0 Å². The zero-order chi connectivity index (χ0) is 15.1. The van der Waals surface area contributed by atoms with Crippen molar-refractivity contribution in [3.8, 4) is 0 Å². The lowest BCUT2D eigenvalue weighted by Gasteiger charge is -2.33. The van der Waals surface area contributed by atoms with Crippen molar-refractivity contribution >= 4 is 21.6 Å². The van der Waals surface area contributed by atoms with Gasteiger partial charge in [-0.2, -0.15) is 4.31 Å². The maximum absolute atomic E-state index is 12.8. The van der Waals surface area contributed by atoms with Crippen LogP contribution in [0.1, 0.15) is 24.8 Å². The largest absolute Gasteiger partial charge is 0.317 e. The van der Waals surface area contributed by atoms with E-state index < -0.39 is 10.0 Å². The zero-order valence-corrected chi connectivity index (χ0v) is 13.8. The molecule has 0 amide bonds. The molecule has 21 heavy (non-hydrogen) atoms. The number of sulfonamides is 1. The molecule has 0 aromatic heterocycles. The molecule has 0 atom stereocenters. The summed E-state index contributed by atoms with van der Waals surface area (Å²) in [4.78, 5) is 0.309. The smallest absolute Gasteiger partial charge is 0.243 e. The molecule has 0 unspecified atom stereocenters. The Balaban J connectivity index is 1.84. The van der Waals surface area contributed by atoms with Crippen LogP contribution < -0.4 is 5.32 Å². The Hall–Kier alpha value is -0.620. The van der Waals surface area contributed by atoms with Crippen LogP contribution in [0.4, 0.5) is 0 Å². The van der Waals surface area contributed by atoms with Crippen molar-refractivity contribution in [2.75, 3.05) is 26.2 Å². The molecule has 2 aliphatic rings. The van der Waals surface area contributed by atoms with Crippen molar-refractivity contribution < 1.29 is 8.42 Å². The number of hydrogen-bond donors (Lipinski definition) is 1. The molecule has 1 aromatic carbocycles. The molecule has 6 heteroatoms. The highest BCUT2D eigenvalue weighted by Gasteiger charge is 2.43. The normalized spacial score (nSPS) is 22.8. The SMILES string of the molecule is Cc1ccc(S(=O)(=O)N2CCC3(CCNCC3)C2)cc1Cl. The summed E-state index contributed by atoms with van der Waals surface area (Å²) >= 11 is 6.08. The summed E-state index contributed by atoms with van der Waals surface area (Å²) in [6.07, 6.45) is 3.09. The van der Waals surface area contributed by atoms with Crippen LogP contribution in [0.15, 0.2) is 23.1 Å². The summed E-state index contributed by atoms with van der Waals surface area (Å²) in [5.41, 5.74) is 1.07. The standard InChI is InChI=1S/C15H21ClN2O2S/c1-12-2-3-13(10-14(12)16)21(19,20)18-9-6-15(11-18)4-7-17-8-5-15/h2-3,10,17H,4-9,11H2,1H3. The first-order chi connectivity index (χ1) is 9.93. The Morgan fingerprint density at radius 3 is 2.62 bits per heavy atom. The summed E-state index contributed by atoms with van der Waals surface area (Å²) in [5, 5.41) is 3.86. The Morgan fingerprint density at radius 2 is 1.95 bits per heavy atom. The van der Waals surface area contributed by atoms with Gasteiger partial charge in [0.05, 0.1) is 4.90 Å². The van der Waals surface area contributed by atoms with E-state index in [1.54, 1.807) is 22.5 Å². The molecule has 0 aliphatic carbocycles. The fourth-order valence-electron chi connectivity index (χ4n) is 3.35. The number of piperidine rings is 1. The molecule has 116 valence electrons. The molecule has 2 heterocycles. The van der Waals surface area contributed by atoms with Crippen LogP contribution in [0, 0.1) is 12.3 Å². The van der Waals surface area contributed by atoms with Gasteiger partial charge in [-0.15, -0.1) is 0 Å². The van der Waals surface area contributed by atoms with E-state index in [-0.39, 0.29) is 5.41 Å². The van der Waals surface area contributed by atoms with Gasteiger partial charge in [-0.3, -0.25) is 0 Å². The number of nitrogens with one attached hydrogen (secondary N) is 1. The van der Waals surface area contributed by atoms with Gasteiger partial charge in [0, 0.05) is 18.1 Å². The number of nitrogens with zero attached hydrogens (tertiary/aromatic N) is 1. The van der Waals surface area contributed by atoms with Crippen molar-refractivity contribution in [3.63, 3.8) is 0 Å². The van der Waals surface area contributed by atoms with Crippen molar-refractivity contribution in [3.05, 3.63) is 28.8 Å². The highest BCUT2D eigenvalue weighted by Crippen LogP contribution is 2.40. The van der Waals surface area contributed by atoms with Crippen LogP contribution in [0.2, 0.25) is 5.02 Å². The number of benzene rings is 1. The second kappa shape index (κ2) is 5.54. The van der Waals surface area contributed by atoms with E-state index in [9.17, 15) is 8.42 Å². The van der Waals surface area contributed by atoms with Gasteiger partial charge < -0.3 is 5.32 Å². The summed E-state index contributed by atoms with van der Waals surface area (Å²) < 4.78 is 27.2. The Morgan fingerprint density at radius 1 is 1.24 bits per heavy atom. The van der Waals surface area contributed by atoms with E-state index in [4.69, 9.17) is 11.6 Å². The summed E-state index contributed by atoms with van der Waals surface area (Å²) in [7, 11) is -3.42. The molecular weight excluding hydrogens is 308 g/mol. The average Bonchev–Trinajstić information content (AvgIpc) is 2.87. The Labute approximate surface area is 131 Å². The van der Waals surface area contributed by atoms with Crippen LogP contribution in [0.3, 0.4) is 0 Å². The van der Waals surface area contributed by atoms with Gasteiger partial charge in [0.1, 0.15) is 0 Å². The fourth-order valence-corrected chi connectivity index (χ4v) is 5.17. The summed E-state index contributed by atoms with van der Waals surface area (Å²) in [6.45, 7) is 5.11. The van der Waals surface area contributed by atoms with Crippen LogP contribution in [-0.4, -0.2) is 38.9 Å². The van der Waals surface area contributed by atoms with E-state index in [0.717, 1.165) is 37.9 Å². The lowest BCUT2D eigenvalue weighted by atomic mass is 9.78. The third kappa shape index (κ3) is 2.84. The molecule has 1 aromatic rings. The third-order valence-electron chi connectivity index (χ3n) is 4.85. The number of rotatable bonds is 2. The summed E-state index contributed by atoms with van der Waals surface area (Å²) in [5.74, 6) is 0. The Kier molecular flexibility index (Phi) is 4.03. The van der Waals surface area contributed by atoms with E-state index in [2.05, 4.69) is 5.32 Å². The van der Waals surface area contributed by atoms with Crippen molar-refractivity contribution in [2.45, 2.75) is 31.1 Å². The predicted molar refractivity (Wildman–Crippen MR) is 84.1 cm³/mol. The lowest BCUT2D eigenvalue weighted by molar-refractivity contribution is 0.218. The van der Waals surface area contributed by atoms with Crippen molar-refractivity contribution in [1.82, 2.24) is 9.62 Å². The molecule has 0 bridgehead atoms. The molecule has 4 nitrogen and oxygen atoms in total. The first-order valence-corrected chi connectivity index (χ1v) is 9.22. The molecule has 1 N–H and O–H groups in total. The van der Waals surface area contributed by atoms with E-state index >= 15 is 0 Å². The number of halogens is 1. The maximum atomic E-state index is 12.8.